The Hall–Kier alpha value is -1.64. The van der Waals surface area contributed by atoms with E-state index in [4.69, 9.17) is 15.3 Å². The number of rotatable bonds is 1. The molecule has 3 heteroatoms. The van der Waals surface area contributed by atoms with Crippen molar-refractivity contribution in [3.63, 3.8) is 0 Å². The monoisotopic (exact) mass is 166 g/mol. The highest BCUT2D eigenvalue weighted by Crippen LogP contribution is 2.35. The lowest BCUT2D eigenvalue weighted by Crippen LogP contribution is -1.75. The molecule has 0 aliphatic rings. The summed E-state index contributed by atoms with van der Waals surface area (Å²) >= 11 is 0. The van der Waals surface area contributed by atoms with Crippen molar-refractivity contribution in [2.45, 2.75) is 6.92 Å². The number of benzene rings is 1. The first-order chi connectivity index (χ1) is 5.65. The SMILES string of the molecule is C/C=C\c1cc(O)c(O)c(O)c1. The first-order valence-corrected chi connectivity index (χ1v) is 3.52. The van der Waals surface area contributed by atoms with Gasteiger partial charge in [-0.1, -0.05) is 12.2 Å². The van der Waals surface area contributed by atoms with E-state index in [-0.39, 0.29) is 11.5 Å². The second-order valence-corrected chi connectivity index (χ2v) is 2.41. The highest BCUT2D eigenvalue weighted by atomic mass is 16.3. The van der Waals surface area contributed by atoms with Gasteiger partial charge in [0.1, 0.15) is 0 Å². The smallest absolute Gasteiger partial charge is 0.200 e. The third-order valence-corrected chi connectivity index (χ3v) is 1.45. The molecule has 3 nitrogen and oxygen atoms in total. The molecular weight excluding hydrogens is 156 g/mol. The Bertz CT molecular complexity index is 293. The highest BCUT2D eigenvalue weighted by Gasteiger charge is 2.05. The molecule has 0 aromatic heterocycles. The molecule has 0 saturated heterocycles. The standard InChI is InChI=1S/C9H10O3/c1-2-3-6-4-7(10)9(12)8(11)5-6/h2-5,10-12H,1H3/b3-2-. The number of hydrogen-bond acceptors (Lipinski definition) is 3. The normalized spacial score (nSPS) is 10.8. The zero-order chi connectivity index (χ0) is 9.14. The molecule has 1 aromatic rings. The molecule has 0 atom stereocenters. The van der Waals surface area contributed by atoms with E-state index >= 15 is 0 Å². The number of hydrogen-bond donors (Lipinski definition) is 3. The Morgan fingerprint density at radius 1 is 1.08 bits per heavy atom. The van der Waals surface area contributed by atoms with Gasteiger partial charge in [-0.3, -0.25) is 0 Å². The van der Waals surface area contributed by atoms with Crippen molar-refractivity contribution in [1.29, 1.82) is 0 Å². The molecular formula is C9H10O3. The quantitative estimate of drug-likeness (QED) is 0.558. The van der Waals surface area contributed by atoms with Crippen LogP contribution in [0.15, 0.2) is 18.2 Å². The molecule has 12 heavy (non-hydrogen) atoms. The number of phenolic OH excluding ortho intramolecular Hbond substituents is 3. The Balaban J connectivity index is 3.21. The molecule has 0 aliphatic heterocycles. The predicted octanol–water partition coefficient (Wildman–Crippen LogP) is 1.84. The first-order valence-electron chi connectivity index (χ1n) is 3.52. The van der Waals surface area contributed by atoms with E-state index in [1.54, 1.807) is 12.2 Å². The molecule has 3 N–H and O–H groups in total. The fraction of sp³-hybridized carbons (Fsp3) is 0.111. The van der Waals surface area contributed by atoms with Gasteiger partial charge in [-0.05, 0) is 24.6 Å². The van der Waals surface area contributed by atoms with E-state index in [1.807, 2.05) is 6.92 Å². The minimum Gasteiger partial charge on any atom is -0.504 e. The summed E-state index contributed by atoms with van der Waals surface area (Å²) in [7, 11) is 0. The van der Waals surface area contributed by atoms with E-state index in [1.165, 1.54) is 12.1 Å². The second-order valence-electron chi connectivity index (χ2n) is 2.41. The Kier molecular flexibility index (Phi) is 2.24. The summed E-state index contributed by atoms with van der Waals surface area (Å²) in [6.45, 7) is 1.82. The molecule has 64 valence electrons. The first kappa shape index (κ1) is 8.46. The van der Waals surface area contributed by atoms with Crippen molar-refractivity contribution in [3.05, 3.63) is 23.8 Å². The molecule has 0 spiro atoms. The maximum atomic E-state index is 9.06. The minimum atomic E-state index is -0.483. The van der Waals surface area contributed by atoms with Crippen LogP contribution in [-0.2, 0) is 0 Å². The van der Waals surface area contributed by atoms with Gasteiger partial charge in [-0.25, -0.2) is 0 Å². The minimum absolute atomic E-state index is 0.317. The molecule has 0 unspecified atom stereocenters. The molecule has 1 rings (SSSR count). The predicted molar refractivity (Wildman–Crippen MR) is 46.1 cm³/mol. The third-order valence-electron chi connectivity index (χ3n) is 1.45. The molecule has 0 radical (unpaired) electrons. The van der Waals surface area contributed by atoms with E-state index in [0.717, 1.165) is 0 Å². The number of allylic oxidation sites excluding steroid dienone is 1. The largest absolute Gasteiger partial charge is 0.504 e. The van der Waals surface area contributed by atoms with Crippen LogP contribution in [0.5, 0.6) is 17.2 Å². The van der Waals surface area contributed by atoms with Crippen LogP contribution in [-0.4, -0.2) is 15.3 Å². The molecule has 0 bridgehead atoms. The molecule has 1 aromatic carbocycles. The molecule has 0 heterocycles. The maximum Gasteiger partial charge on any atom is 0.200 e. The van der Waals surface area contributed by atoms with E-state index < -0.39 is 5.75 Å². The van der Waals surface area contributed by atoms with Gasteiger partial charge in [0.25, 0.3) is 0 Å². The Morgan fingerprint density at radius 3 is 2.00 bits per heavy atom. The van der Waals surface area contributed by atoms with Gasteiger partial charge in [-0.2, -0.15) is 0 Å². The zero-order valence-corrected chi connectivity index (χ0v) is 6.65. The van der Waals surface area contributed by atoms with Crippen molar-refractivity contribution >= 4 is 6.08 Å². The Morgan fingerprint density at radius 2 is 1.58 bits per heavy atom. The van der Waals surface area contributed by atoms with Gasteiger partial charge in [0.05, 0.1) is 0 Å². The van der Waals surface area contributed by atoms with Crippen LogP contribution in [0, 0.1) is 0 Å². The maximum absolute atomic E-state index is 9.06. The van der Waals surface area contributed by atoms with Crippen molar-refractivity contribution in [3.8, 4) is 17.2 Å². The lowest BCUT2D eigenvalue weighted by molar-refractivity contribution is 0.368. The second kappa shape index (κ2) is 3.17. The van der Waals surface area contributed by atoms with Gasteiger partial charge < -0.3 is 15.3 Å². The average Bonchev–Trinajstić information content (AvgIpc) is 2.01. The fourth-order valence-electron chi connectivity index (χ4n) is 0.914. The number of phenols is 3. The van der Waals surface area contributed by atoms with Gasteiger partial charge >= 0.3 is 0 Å². The summed E-state index contributed by atoms with van der Waals surface area (Å²) in [6, 6.07) is 2.74. The molecule has 0 aliphatic carbocycles. The van der Waals surface area contributed by atoms with Crippen LogP contribution in [0.2, 0.25) is 0 Å². The molecule has 0 saturated carbocycles. The summed E-state index contributed by atoms with van der Waals surface area (Å²) in [5.41, 5.74) is 0.644. The number of aromatic hydroxyl groups is 3. The highest BCUT2D eigenvalue weighted by molar-refractivity contribution is 5.60. The van der Waals surface area contributed by atoms with Gasteiger partial charge in [0.2, 0.25) is 0 Å². The van der Waals surface area contributed by atoms with E-state index in [2.05, 4.69) is 0 Å². The van der Waals surface area contributed by atoms with Crippen LogP contribution >= 0.6 is 0 Å². The van der Waals surface area contributed by atoms with Crippen LogP contribution in [0.3, 0.4) is 0 Å². The topological polar surface area (TPSA) is 60.7 Å². The van der Waals surface area contributed by atoms with E-state index in [0.29, 0.717) is 5.56 Å². The third kappa shape index (κ3) is 1.50. The zero-order valence-electron chi connectivity index (χ0n) is 6.65. The summed E-state index contributed by atoms with van der Waals surface area (Å²) in [5, 5.41) is 27.1. The van der Waals surface area contributed by atoms with Crippen LogP contribution in [0.1, 0.15) is 12.5 Å². The summed E-state index contributed by atoms with van der Waals surface area (Å²) in [4.78, 5) is 0. The molecule has 0 fully saturated rings. The van der Waals surface area contributed by atoms with E-state index in [9.17, 15) is 0 Å². The summed E-state index contributed by atoms with van der Waals surface area (Å²) in [5.74, 6) is -1.12. The van der Waals surface area contributed by atoms with Gasteiger partial charge in [0, 0.05) is 0 Å². The fourth-order valence-corrected chi connectivity index (χ4v) is 0.914. The van der Waals surface area contributed by atoms with Crippen LogP contribution < -0.4 is 0 Å². The Labute approximate surface area is 70.2 Å². The summed E-state index contributed by atoms with van der Waals surface area (Å²) < 4.78 is 0. The lowest BCUT2D eigenvalue weighted by atomic mass is 10.2. The van der Waals surface area contributed by atoms with Gasteiger partial charge in [0.15, 0.2) is 17.2 Å². The van der Waals surface area contributed by atoms with Crippen molar-refractivity contribution < 1.29 is 15.3 Å². The van der Waals surface area contributed by atoms with Crippen molar-refractivity contribution in [2.75, 3.05) is 0 Å². The van der Waals surface area contributed by atoms with Crippen LogP contribution in [0.25, 0.3) is 6.08 Å². The summed E-state index contributed by atoms with van der Waals surface area (Å²) in [6.07, 6.45) is 3.48. The van der Waals surface area contributed by atoms with Crippen LogP contribution in [0.4, 0.5) is 0 Å². The van der Waals surface area contributed by atoms with Crippen molar-refractivity contribution in [2.24, 2.45) is 0 Å². The molecule has 0 amide bonds. The van der Waals surface area contributed by atoms with Crippen molar-refractivity contribution in [1.82, 2.24) is 0 Å². The average molecular weight is 166 g/mol. The van der Waals surface area contributed by atoms with Gasteiger partial charge in [-0.15, -0.1) is 0 Å². The lowest BCUT2D eigenvalue weighted by Gasteiger charge is -2.01.